The van der Waals surface area contributed by atoms with E-state index in [0.29, 0.717) is 19.8 Å². The molecule has 1 atom stereocenters. The summed E-state index contributed by atoms with van der Waals surface area (Å²) in [7, 11) is 0. The molecule has 1 rings (SSSR count). The molecule has 4 nitrogen and oxygen atoms in total. The summed E-state index contributed by atoms with van der Waals surface area (Å²) in [6.07, 6.45) is 0.707. The Labute approximate surface area is 72.4 Å². The molecule has 0 saturated carbocycles. The second-order valence-electron chi connectivity index (χ2n) is 2.81. The molecule has 72 valence electrons. The molecule has 0 aliphatic carbocycles. The number of rotatable bonds is 5. The fourth-order valence-corrected chi connectivity index (χ4v) is 1.14. The van der Waals surface area contributed by atoms with Gasteiger partial charge in [0.2, 0.25) is 0 Å². The van der Waals surface area contributed by atoms with Crippen molar-refractivity contribution in [3.05, 3.63) is 0 Å². The summed E-state index contributed by atoms with van der Waals surface area (Å²) in [6.45, 7) is 3.75. The van der Waals surface area contributed by atoms with E-state index in [-0.39, 0.29) is 19.0 Å². The zero-order valence-electron chi connectivity index (χ0n) is 7.36. The van der Waals surface area contributed by atoms with E-state index >= 15 is 0 Å². The van der Waals surface area contributed by atoms with Crippen LogP contribution in [0, 0.1) is 0 Å². The lowest BCUT2D eigenvalue weighted by Crippen LogP contribution is -2.20. The van der Waals surface area contributed by atoms with Crippen molar-refractivity contribution < 1.29 is 19.3 Å². The molecule has 0 aromatic carbocycles. The van der Waals surface area contributed by atoms with Gasteiger partial charge < -0.3 is 19.3 Å². The third-order valence-corrected chi connectivity index (χ3v) is 1.71. The second kappa shape index (κ2) is 5.48. The van der Waals surface area contributed by atoms with Crippen LogP contribution in [0.5, 0.6) is 0 Å². The Balaban J connectivity index is 2.03. The van der Waals surface area contributed by atoms with Crippen molar-refractivity contribution in [3.8, 4) is 0 Å². The predicted octanol–water partition coefficient (Wildman–Crippen LogP) is 0.147. The third-order valence-electron chi connectivity index (χ3n) is 1.71. The van der Waals surface area contributed by atoms with Gasteiger partial charge in [0.25, 0.3) is 0 Å². The lowest BCUT2D eigenvalue weighted by atomic mass is 10.3. The van der Waals surface area contributed by atoms with Crippen LogP contribution in [0.25, 0.3) is 0 Å². The van der Waals surface area contributed by atoms with Crippen molar-refractivity contribution in [1.29, 1.82) is 0 Å². The summed E-state index contributed by atoms with van der Waals surface area (Å²) in [4.78, 5) is 0. The van der Waals surface area contributed by atoms with Gasteiger partial charge in [0.15, 0.2) is 6.29 Å². The quantitative estimate of drug-likeness (QED) is 0.647. The Bertz CT molecular complexity index is 112. The monoisotopic (exact) mass is 176 g/mol. The molecule has 0 aromatic heterocycles. The van der Waals surface area contributed by atoms with Gasteiger partial charge in [-0.2, -0.15) is 0 Å². The minimum atomic E-state index is -0.112. The average molecular weight is 176 g/mol. The molecule has 1 saturated heterocycles. The standard InChI is InChI=1S/C8H16O4/c1-7(10-3-2-9)6-8-11-4-5-12-8/h7-9H,2-6H2,1H3. The van der Waals surface area contributed by atoms with Crippen molar-refractivity contribution in [2.45, 2.75) is 25.7 Å². The fourth-order valence-electron chi connectivity index (χ4n) is 1.14. The van der Waals surface area contributed by atoms with Crippen LogP contribution in [0.2, 0.25) is 0 Å². The van der Waals surface area contributed by atoms with E-state index in [9.17, 15) is 0 Å². The molecule has 1 heterocycles. The third kappa shape index (κ3) is 3.49. The highest BCUT2D eigenvalue weighted by molar-refractivity contribution is 4.58. The van der Waals surface area contributed by atoms with Gasteiger partial charge in [-0.1, -0.05) is 0 Å². The van der Waals surface area contributed by atoms with E-state index in [2.05, 4.69) is 0 Å². The Morgan fingerprint density at radius 3 is 2.75 bits per heavy atom. The Hall–Kier alpha value is -0.160. The van der Waals surface area contributed by atoms with Crippen LogP contribution in [0.1, 0.15) is 13.3 Å². The van der Waals surface area contributed by atoms with Crippen LogP contribution in [0.4, 0.5) is 0 Å². The highest BCUT2D eigenvalue weighted by Gasteiger charge is 2.18. The van der Waals surface area contributed by atoms with Crippen LogP contribution in [-0.2, 0) is 14.2 Å². The van der Waals surface area contributed by atoms with Crippen molar-refractivity contribution in [3.63, 3.8) is 0 Å². The second-order valence-corrected chi connectivity index (χ2v) is 2.81. The highest BCUT2D eigenvalue weighted by Crippen LogP contribution is 2.11. The molecular formula is C8H16O4. The normalized spacial score (nSPS) is 21.5. The Kier molecular flexibility index (Phi) is 4.53. The molecular weight excluding hydrogens is 160 g/mol. The largest absolute Gasteiger partial charge is 0.394 e. The molecule has 1 unspecified atom stereocenters. The zero-order chi connectivity index (χ0) is 8.81. The van der Waals surface area contributed by atoms with Crippen LogP contribution >= 0.6 is 0 Å². The smallest absolute Gasteiger partial charge is 0.160 e. The van der Waals surface area contributed by atoms with Crippen LogP contribution < -0.4 is 0 Å². The predicted molar refractivity (Wildman–Crippen MR) is 42.8 cm³/mol. The first-order valence-electron chi connectivity index (χ1n) is 4.28. The first-order valence-corrected chi connectivity index (χ1v) is 4.28. The molecule has 0 spiro atoms. The van der Waals surface area contributed by atoms with Gasteiger partial charge in [0, 0.05) is 6.42 Å². The Morgan fingerprint density at radius 2 is 2.17 bits per heavy atom. The first-order chi connectivity index (χ1) is 5.83. The Morgan fingerprint density at radius 1 is 1.50 bits per heavy atom. The van der Waals surface area contributed by atoms with E-state index in [0.717, 1.165) is 6.42 Å². The van der Waals surface area contributed by atoms with Crippen molar-refractivity contribution in [1.82, 2.24) is 0 Å². The molecule has 1 fully saturated rings. The molecule has 1 N–H and O–H groups in total. The molecule has 1 aliphatic rings. The van der Waals surface area contributed by atoms with Crippen molar-refractivity contribution >= 4 is 0 Å². The molecule has 0 amide bonds. The minimum Gasteiger partial charge on any atom is -0.394 e. The van der Waals surface area contributed by atoms with Gasteiger partial charge in [0.1, 0.15) is 0 Å². The van der Waals surface area contributed by atoms with E-state index in [4.69, 9.17) is 19.3 Å². The summed E-state index contributed by atoms with van der Waals surface area (Å²) in [5, 5.41) is 8.49. The van der Waals surface area contributed by atoms with Gasteiger partial charge in [-0.25, -0.2) is 0 Å². The van der Waals surface area contributed by atoms with E-state index < -0.39 is 0 Å². The lowest BCUT2D eigenvalue weighted by Gasteiger charge is -2.15. The first kappa shape index (κ1) is 9.92. The molecule has 12 heavy (non-hydrogen) atoms. The van der Waals surface area contributed by atoms with E-state index in [1.165, 1.54) is 0 Å². The van der Waals surface area contributed by atoms with Crippen LogP contribution in [-0.4, -0.2) is 43.9 Å². The van der Waals surface area contributed by atoms with Gasteiger partial charge in [-0.15, -0.1) is 0 Å². The average Bonchev–Trinajstić information content (AvgIpc) is 2.53. The zero-order valence-corrected chi connectivity index (χ0v) is 7.36. The van der Waals surface area contributed by atoms with Crippen LogP contribution in [0.15, 0.2) is 0 Å². The number of aliphatic hydroxyl groups is 1. The lowest BCUT2D eigenvalue weighted by molar-refractivity contribution is -0.0824. The van der Waals surface area contributed by atoms with Crippen LogP contribution in [0.3, 0.4) is 0 Å². The minimum absolute atomic E-state index is 0.0662. The molecule has 0 bridgehead atoms. The van der Waals surface area contributed by atoms with Gasteiger partial charge >= 0.3 is 0 Å². The number of ether oxygens (including phenoxy) is 3. The SMILES string of the molecule is CC(CC1OCCO1)OCCO. The maximum atomic E-state index is 8.49. The summed E-state index contributed by atoms with van der Waals surface area (Å²) >= 11 is 0. The summed E-state index contributed by atoms with van der Waals surface area (Å²) < 4.78 is 15.7. The van der Waals surface area contributed by atoms with Crippen molar-refractivity contribution in [2.75, 3.05) is 26.4 Å². The molecule has 0 aromatic rings. The fraction of sp³-hybridized carbons (Fsp3) is 1.00. The summed E-state index contributed by atoms with van der Waals surface area (Å²) in [6, 6.07) is 0. The van der Waals surface area contributed by atoms with Gasteiger partial charge in [-0.3, -0.25) is 0 Å². The maximum Gasteiger partial charge on any atom is 0.160 e. The highest BCUT2D eigenvalue weighted by atomic mass is 16.7. The molecule has 0 radical (unpaired) electrons. The van der Waals surface area contributed by atoms with Gasteiger partial charge in [-0.05, 0) is 6.92 Å². The number of aliphatic hydroxyl groups excluding tert-OH is 1. The summed E-state index contributed by atoms with van der Waals surface area (Å²) in [5.74, 6) is 0. The maximum absolute atomic E-state index is 8.49. The summed E-state index contributed by atoms with van der Waals surface area (Å²) in [5.41, 5.74) is 0. The van der Waals surface area contributed by atoms with E-state index in [1.54, 1.807) is 0 Å². The number of hydrogen-bond donors (Lipinski definition) is 1. The topological polar surface area (TPSA) is 47.9 Å². The van der Waals surface area contributed by atoms with Gasteiger partial charge in [0.05, 0.1) is 32.5 Å². The molecule has 1 aliphatic heterocycles. The number of hydrogen-bond acceptors (Lipinski definition) is 4. The molecule has 4 heteroatoms. The van der Waals surface area contributed by atoms with E-state index in [1.807, 2.05) is 6.92 Å². The van der Waals surface area contributed by atoms with Crippen molar-refractivity contribution in [2.24, 2.45) is 0 Å².